The number of amides is 1. The molecule has 92 valence electrons. The molecule has 1 N–H and O–H groups in total. The fourth-order valence-corrected chi connectivity index (χ4v) is 2.92. The molecular weight excluding hydrogens is 240 g/mol. The van der Waals surface area contributed by atoms with E-state index in [9.17, 15) is 9.59 Å². The second-order valence-corrected chi connectivity index (χ2v) is 5.00. The number of hydrogen-bond donors (Lipinski definition) is 1. The summed E-state index contributed by atoms with van der Waals surface area (Å²) in [5.74, 6) is -0.799. The number of nitrogens with zero attached hydrogens (tertiary/aromatic N) is 2. The van der Waals surface area contributed by atoms with E-state index in [1.54, 1.807) is 4.90 Å². The quantitative estimate of drug-likeness (QED) is 0.875. The number of aromatic nitrogens is 1. The fraction of sp³-hybridized carbons (Fsp3) is 0.545. The lowest BCUT2D eigenvalue weighted by molar-refractivity contribution is -0.136. The zero-order valence-electron chi connectivity index (χ0n) is 9.60. The molecule has 1 aromatic rings. The lowest BCUT2D eigenvalue weighted by atomic mass is 10.1. The lowest BCUT2D eigenvalue weighted by Crippen LogP contribution is -2.36. The van der Waals surface area contributed by atoms with Gasteiger partial charge >= 0.3 is 5.97 Å². The molecule has 6 heteroatoms. The smallest absolute Gasteiger partial charge is 0.303 e. The van der Waals surface area contributed by atoms with Gasteiger partial charge in [-0.3, -0.25) is 9.59 Å². The first kappa shape index (κ1) is 12.0. The van der Waals surface area contributed by atoms with Gasteiger partial charge in [-0.15, -0.1) is 11.3 Å². The molecule has 0 bridgehead atoms. The van der Waals surface area contributed by atoms with Gasteiger partial charge in [-0.25, -0.2) is 4.98 Å². The Labute approximate surface area is 103 Å². The van der Waals surface area contributed by atoms with Crippen molar-refractivity contribution in [3.63, 3.8) is 0 Å². The maximum Gasteiger partial charge on any atom is 0.303 e. The first-order chi connectivity index (χ1) is 8.11. The largest absolute Gasteiger partial charge is 0.481 e. The highest BCUT2D eigenvalue weighted by Crippen LogP contribution is 2.25. The first-order valence-corrected chi connectivity index (χ1v) is 6.43. The summed E-state index contributed by atoms with van der Waals surface area (Å²) in [5.41, 5.74) is 0.838. The molecular formula is C11H14N2O3S. The summed E-state index contributed by atoms with van der Waals surface area (Å²) in [5, 5.41) is 9.36. The third-order valence-corrected chi connectivity index (χ3v) is 3.92. The van der Waals surface area contributed by atoms with Crippen LogP contribution in [-0.4, -0.2) is 40.0 Å². The van der Waals surface area contributed by atoms with Crippen molar-refractivity contribution >= 4 is 23.2 Å². The zero-order chi connectivity index (χ0) is 12.4. The molecule has 0 saturated heterocycles. The minimum absolute atomic E-state index is 0.0350. The number of carboxylic acid groups (broad SMARTS) is 1. The summed E-state index contributed by atoms with van der Waals surface area (Å²) in [6.45, 7) is 3.38. The van der Waals surface area contributed by atoms with E-state index in [1.165, 1.54) is 11.3 Å². The third kappa shape index (κ3) is 2.46. The SMILES string of the molecule is CCN1CCc2nc(CCC(=O)O)sc2C1=O. The highest BCUT2D eigenvalue weighted by Gasteiger charge is 2.27. The van der Waals surface area contributed by atoms with Crippen LogP contribution < -0.4 is 0 Å². The van der Waals surface area contributed by atoms with Gasteiger partial charge in [0.15, 0.2) is 0 Å². The van der Waals surface area contributed by atoms with Gasteiger partial charge in [0.25, 0.3) is 5.91 Å². The molecule has 0 unspecified atom stereocenters. The number of carboxylic acids is 1. The Morgan fingerprint density at radius 2 is 2.35 bits per heavy atom. The maximum atomic E-state index is 12.0. The summed E-state index contributed by atoms with van der Waals surface area (Å²) in [6, 6.07) is 0. The van der Waals surface area contributed by atoms with Crippen molar-refractivity contribution in [3.05, 3.63) is 15.6 Å². The molecule has 0 saturated carbocycles. The number of rotatable bonds is 4. The van der Waals surface area contributed by atoms with Crippen molar-refractivity contribution in [2.75, 3.05) is 13.1 Å². The van der Waals surface area contributed by atoms with Crippen LogP contribution in [0.1, 0.15) is 33.7 Å². The van der Waals surface area contributed by atoms with Crippen LogP contribution in [0, 0.1) is 0 Å². The van der Waals surface area contributed by atoms with Crippen molar-refractivity contribution in [2.45, 2.75) is 26.2 Å². The summed E-state index contributed by atoms with van der Waals surface area (Å²) < 4.78 is 0. The van der Waals surface area contributed by atoms with Crippen LogP contribution in [0.3, 0.4) is 0 Å². The number of aliphatic carboxylic acids is 1. The van der Waals surface area contributed by atoms with Crippen LogP contribution in [0.4, 0.5) is 0 Å². The van der Waals surface area contributed by atoms with Gasteiger partial charge in [-0.05, 0) is 6.92 Å². The summed E-state index contributed by atoms with van der Waals surface area (Å²) in [7, 11) is 0. The van der Waals surface area contributed by atoms with Crippen molar-refractivity contribution in [3.8, 4) is 0 Å². The first-order valence-electron chi connectivity index (χ1n) is 5.61. The van der Waals surface area contributed by atoms with E-state index < -0.39 is 5.97 Å². The lowest BCUT2D eigenvalue weighted by Gasteiger charge is -2.24. The van der Waals surface area contributed by atoms with E-state index in [0.717, 1.165) is 17.1 Å². The van der Waals surface area contributed by atoms with E-state index in [2.05, 4.69) is 4.98 Å². The molecule has 5 nitrogen and oxygen atoms in total. The van der Waals surface area contributed by atoms with Gasteiger partial charge in [-0.2, -0.15) is 0 Å². The van der Waals surface area contributed by atoms with Gasteiger partial charge in [0.05, 0.1) is 17.1 Å². The standard InChI is InChI=1S/C11H14N2O3S/c1-2-13-6-5-7-10(11(13)16)17-8(12-7)3-4-9(14)15/h2-6H2,1H3,(H,14,15). The van der Waals surface area contributed by atoms with E-state index >= 15 is 0 Å². The minimum Gasteiger partial charge on any atom is -0.481 e. The highest BCUT2D eigenvalue weighted by molar-refractivity contribution is 7.13. The molecule has 1 aromatic heterocycles. The number of carbonyl (C=O) groups excluding carboxylic acids is 1. The van der Waals surface area contributed by atoms with Gasteiger partial charge in [0, 0.05) is 25.9 Å². The highest BCUT2D eigenvalue weighted by atomic mass is 32.1. The Bertz CT molecular complexity index is 456. The summed E-state index contributed by atoms with van der Waals surface area (Å²) >= 11 is 1.34. The van der Waals surface area contributed by atoms with Crippen molar-refractivity contribution < 1.29 is 14.7 Å². The molecule has 0 radical (unpaired) electrons. The normalized spacial score (nSPS) is 14.9. The second kappa shape index (κ2) is 4.83. The average molecular weight is 254 g/mol. The molecule has 0 fully saturated rings. The summed E-state index contributed by atoms with van der Waals surface area (Å²) in [4.78, 5) is 29.3. The number of fused-ring (bicyclic) bond motifs is 1. The van der Waals surface area contributed by atoms with Gasteiger partial charge < -0.3 is 10.0 Å². The van der Waals surface area contributed by atoms with Gasteiger partial charge in [0.1, 0.15) is 4.88 Å². The van der Waals surface area contributed by atoms with Crippen LogP contribution in [0.15, 0.2) is 0 Å². The van der Waals surface area contributed by atoms with E-state index in [0.29, 0.717) is 24.4 Å². The van der Waals surface area contributed by atoms with E-state index in [1.807, 2.05) is 6.92 Å². The number of thiazole rings is 1. The Morgan fingerprint density at radius 1 is 1.59 bits per heavy atom. The Morgan fingerprint density at radius 3 is 3.00 bits per heavy atom. The number of aryl methyl sites for hydroxylation is 1. The van der Waals surface area contributed by atoms with Crippen LogP contribution in [-0.2, 0) is 17.6 Å². The van der Waals surface area contributed by atoms with Crippen LogP contribution in [0.2, 0.25) is 0 Å². The molecule has 2 rings (SSSR count). The monoisotopic (exact) mass is 254 g/mol. The zero-order valence-corrected chi connectivity index (χ0v) is 10.4. The molecule has 0 aromatic carbocycles. The second-order valence-electron chi connectivity index (χ2n) is 3.91. The Hall–Kier alpha value is -1.43. The van der Waals surface area contributed by atoms with Crippen LogP contribution in [0.25, 0.3) is 0 Å². The van der Waals surface area contributed by atoms with Crippen LogP contribution in [0.5, 0.6) is 0 Å². The number of likely N-dealkylation sites (N-methyl/N-ethyl adjacent to an activating group) is 1. The van der Waals surface area contributed by atoms with Gasteiger partial charge in [-0.1, -0.05) is 0 Å². The maximum absolute atomic E-state index is 12.0. The molecule has 17 heavy (non-hydrogen) atoms. The Kier molecular flexibility index (Phi) is 3.42. The van der Waals surface area contributed by atoms with Gasteiger partial charge in [0.2, 0.25) is 0 Å². The average Bonchev–Trinajstić information content (AvgIpc) is 2.71. The number of carbonyl (C=O) groups is 2. The van der Waals surface area contributed by atoms with Crippen molar-refractivity contribution in [1.29, 1.82) is 0 Å². The van der Waals surface area contributed by atoms with Crippen LogP contribution >= 0.6 is 11.3 Å². The topological polar surface area (TPSA) is 70.5 Å². The predicted molar refractivity (Wildman–Crippen MR) is 63.4 cm³/mol. The third-order valence-electron chi connectivity index (χ3n) is 2.78. The van der Waals surface area contributed by atoms with E-state index in [-0.39, 0.29) is 12.3 Å². The van der Waals surface area contributed by atoms with E-state index in [4.69, 9.17) is 5.11 Å². The molecule has 1 aliphatic heterocycles. The number of hydrogen-bond acceptors (Lipinski definition) is 4. The molecule has 0 spiro atoms. The fourth-order valence-electron chi connectivity index (χ4n) is 1.85. The van der Waals surface area contributed by atoms with Crippen molar-refractivity contribution in [1.82, 2.24) is 9.88 Å². The predicted octanol–water partition coefficient (Wildman–Crippen LogP) is 1.18. The minimum atomic E-state index is -0.834. The molecule has 2 heterocycles. The molecule has 0 aliphatic carbocycles. The van der Waals surface area contributed by atoms with Crippen molar-refractivity contribution in [2.24, 2.45) is 0 Å². The summed E-state index contributed by atoms with van der Waals surface area (Å²) in [6.07, 6.45) is 1.25. The molecule has 1 aliphatic rings. The molecule has 0 atom stereocenters. The Balaban J connectivity index is 2.15. The molecule has 1 amide bonds.